The van der Waals surface area contributed by atoms with E-state index in [0.717, 1.165) is 37.0 Å². The molecule has 4 aliphatic rings. The first kappa shape index (κ1) is 14.4. The van der Waals surface area contributed by atoms with Gasteiger partial charge in [0.15, 0.2) is 0 Å². The lowest BCUT2D eigenvalue weighted by molar-refractivity contribution is -0.120. The molecule has 0 spiro atoms. The maximum atomic E-state index is 10.6. The highest BCUT2D eigenvalue weighted by molar-refractivity contribution is 5.82. The SMILES string of the molecule is O=COc1ccc2[nH]c3c(c2n1)CCN1CC2CC(CO)C1C3C2. The summed E-state index contributed by atoms with van der Waals surface area (Å²) in [5.41, 5.74) is 4.48. The van der Waals surface area contributed by atoms with Crippen LogP contribution in [0.3, 0.4) is 0 Å². The molecule has 2 saturated heterocycles. The van der Waals surface area contributed by atoms with E-state index in [1.807, 2.05) is 6.07 Å². The monoisotopic (exact) mass is 327 g/mol. The van der Waals surface area contributed by atoms with Crippen LogP contribution in [0.1, 0.15) is 30.0 Å². The number of ether oxygens (including phenoxy) is 1. The van der Waals surface area contributed by atoms with Gasteiger partial charge in [0.25, 0.3) is 6.47 Å². The van der Waals surface area contributed by atoms with Crippen LogP contribution >= 0.6 is 0 Å². The molecule has 0 aromatic carbocycles. The molecule has 6 heteroatoms. The normalized spacial score (nSPS) is 34.0. The molecule has 0 amide bonds. The maximum Gasteiger partial charge on any atom is 0.299 e. The van der Waals surface area contributed by atoms with Gasteiger partial charge in [-0.15, -0.1) is 0 Å². The number of aromatic amines is 1. The minimum absolute atomic E-state index is 0.277. The van der Waals surface area contributed by atoms with Crippen LogP contribution in [0, 0.1) is 11.8 Å². The van der Waals surface area contributed by atoms with Gasteiger partial charge in [-0.05, 0) is 37.2 Å². The molecule has 6 nitrogen and oxygen atoms in total. The molecule has 3 aliphatic heterocycles. The lowest BCUT2D eigenvalue weighted by Crippen LogP contribution is -2.57. The number of nitrogens with zero attached hydrogens (tertiary/aromatic N) is 2. The Morgan fingerprint density at radius 3 is 3.17 bits per heavy atom. The van der Waals surface area contributed by atoms with Crippen molar-refractivity contribution in [2.24, 2.45) is 11.8 Å². The quantitative estimate of drug-likeness (QED) is 0.834. The molecule has 2 N–H and O–H groups in total. The number of fused-ring (bicyclic) bond motifs is 4. The third-order valence-electron chi connectivity index (χ3n) is 6.21. The van der Waals surface area contributed by atoms with E-state index in [0.29, 0.717) is 36.1 Å². The average molecular weight is 327 g/mol. The van der Waals surface area contributed by atoms with Crippen LogP contribution < -0.4 is 4.74 Å². The largest absolute Gasteiger partial charge is 0.410 e. The topological polar surface area (TPSA) is 78.5 Å². The van der Waals surface area contributed by atoms with Gasteiger partial charge >= 0.3 is 0 Å². The molecule has 3 fully saturated rings. The Labute approximate surface area is 139 Å². The third kappa shape index (κ3) is 1.96. The second kappa shape index (κ2) is 5.29. The number of hydrogen-bond donors (Lipinski definition) is 2. The first-order chi connectivity index (χ1) is 11.8. The number of aromatic nitrogens is 2. The van der Waals surface area contributed by atoms with Crippen molar-refractivity contribution < 1.29 is 14.6 Å². The Balaban J connectivity index is 1.64. The molecule has 0 radical (unpaired) electrons. The maximum absolute atomic E-state index is 10.6. The van der Waals surface area contributed by atoms with E-state index in [1.54, 1.807) is 6.07 Å². The summed E-state index contributed by atoms with van der Waals surface area (Å²) < 4.78 is 4.93. The number of piperidine rings is 2. The number of carbonyl (C=O) groups is 1. The van der Waals surface area contributed by atoms with Gasteiger partial charge in [0, 0.05) is 49.0 Å². The number of aliphatic hydroxyl groups is 1. The van der Waals surface area contributed by atoms with Crippen LogP contribution in [0.4, 0.5) is 0 Å². The van der Waals surface area contributed by atoms with Crippen molar-refractivity contribution >= 4 is 17.5 Å². The van der Waals surface area contributed by atoms with E-state index in [1.165, 1.54) is 17.7 Å². The predicted molar refractivity (Wildman–Crippen MR) is 87.9 cm³/mol. The highest BCUT2D eigenvalue weighted by atomic mass is 16.5. The number of hydrogen-bond acceptors (Lipinski definition) is 5. The standard InChI is InChI=1S/C18H21N3O3/c22-8-11-5-10-6-13-16-12(3-4-21(7-10)18(11)13)17-14(19-16)1-2-15(20-17)24-9-23/h1-2,9-11,13,18-19,22H,3-8H2. The lowest BCUT2D eigenvalue weighted by atomic mass is 9.66. The van der Waals surface area contributed by atoms with Crippen molar-refractivity contribution in [3.05, 3.63) is 23.4 Å². The zero-order valence-electron chi connectivity index (χ0n) is 13.4. The first-order valence-corrected chi connectivity index (χ1v) is 8.75. The van der Waals surface area contributed by atoms with Gasteiger partial charge in [-0.3, -0.25) is 9.69 Å². The summed E-state index contributed by atoms with van der Waals surface area (Å²) in [4.78, 5) is 21.3. The van der Waals surface area contributed by atoms with Gasteiger partial charge in [0.05, 0.1) is 11.0 Å². The molecule has 24 heavy (non-hydrogen) atoms. The zero-order chi connectivity index (χ0) is 16.3. The molecule has 5 unspecified atom stereocenters. The fourth-order valence-electron chi connectivity index (χ4n) is 5.42. The molecule has 1 saturated carbocycles. The highest BCUT2D eigenvalue weighted by Crippen LogP contribution is 2.49. The van der Waals surface area contributed by atoms with Gasteiger partial charge in [-0.25, -0.2) is 4.98 Å². The highest BCUT2D eigenvalue weighted by Gasteiger charge is 2.49. The van der Waals surface area contributed by atoms with E-state index < -0.39 is 0 Å². The van der Waals surface area contributed by atoms with Crippen molar-refractivity contribution in [1.29, 1.82) is 0 Å². The fraction of sp³-hybridized carbons (Fsp3) is 0.556. The number of H-pyrrole nitrogens is 1. The molecule has 2 aromatic heterocycles. The van der Waals surface area contributed by atoms with Crippen LogP contribution in [0.2, 0.25) is 0 Å². The Morgan fingerprint density at radius 2 is 2.33 bits per heavy atom. The van der Waals surface area contributed by atoms with E-state index in [-0.39, 0.29) is 6.61 Å². The number of nitrogens with one attached hydrogen (secondary N) is 1. The molecule has 5 atom stereocenters. The summed E-state index contributed by atoms with van der Waals surface area (Å²) in [5, 5.41) is 9.84. The predicted octanol–water partition coefficient (Wildman–Crippen LogP) is 1.44. The molecule has 1 aliphatic carbocycles. The van der Waals surface area contributed by atoms with Crippen molar-refractivity contribution in [3.63, 3.8) is 0 Å². The number of pyridine rings is 1. The minimum Gasteiger partial charge on any atom is -0.410 e. The second-order valence-electron chi connectivity index (χ2n) is 7.40. The average Bonchev–Trinajstić information content (AvgIpc) is 2.92. The summed E-state index contributed by atoms with van der Waals surface area (Å²) in [6.45, 7) is 2.86. The zero-order valence-corrected chi connectivity index (χ0v) is 13.4. The van der Waals surface area contributed by atoms with Crippen LogP contribution in [0.5, 0.6) is 5.88 Å². The minimum atomic E-state index is 0.277. The van der Waals surface area contributed by atoms with E-state index in [2.05, 4.69) is 14.9 Å². The molecule has 6 rings (SSSR count). The van der Waals surface area contributed by atoms with Crippen LogP contribution in [-0.4, -0.2) is 52.2 Å². The number of rotatable bonds is 3. The van der Waals surface area contributed by atoms with E-state index in [9.17, 15) is 9.90 Å². The second-order valence-corrected chi connectivity index (χ2v) is 7.40. The van der Waals surface area contributed by atoms with E-state index in [4.69, 9.17) is 4.74 Å². The van der Waals surface area contributed by atoms with Crippen molar-refractivity contribution in [3.8, 4) is 5.88 Å². The molecule has 5 heterocycles. The summed E-state index contributed by atoms with van der Waals surface area (Å²) in [6.07, 6.45) is 3.29. The third-order valence-corrected chi connectivity index (χ3v) is 6.21. The smallest absolute Gasteiger partial charge is 0.299 e. The van der Waals surface area contributed by atoms with Crippen LogP contribution in [0.25, 0.3) is 11.0 Å². The van der Waals surface area contributed by atoms with Gasteiger partial charge in [0.1, 0.15) is 0 Å². The molecule has 2 aromatic rings. The molecular weight excluding hydrogens is 306 g/mol. The first-order valence-electron chi connectivity index (χ1n) is 8.75. The summed E-state index contributed by atoms with van der Waals surface area (Å²) >= 11 is 0. The van der Waals surface area contributed by atoms with Gasteiger partial charge in [-0.1, -0.05) is 0 Å². The Hall–Kier alpha value is -1.92. The van der Waals surface area contributed by atoms with Crippen molar-refractivity contribution in [1.82, 2.24) is 14.9 Å². The summed E-state index contributed by atoms with van der Waals surface area (Å²) in [7, 11) is 0. The molecule has 126 valence electrons. The fourth-order valence-corrected chi connectivity index (χ4v) is 5.42. The lowest BCUT2D eigenvalue weighted by Gasteiger charge is -2.52. The van der Waals surface area contributed by atoms with Crippen LogP contribution in [-0.2, 0) is 11.2 Å². The van der Waals surface area contributed by atoms with Crippen molar-refractivity contribution in [2.75, 3.05) is 19.7 Å². The van der Waals surface area contributed by atoms with E-state index >= 15 is 0 Å². The van der Waals surface area contributed by atoms with Crippen LogP contribution in [0.15, 0.2) is 12.1 Å². The molecule has 4 bridgehead atoms. The Bertz CT molecular complexity index is 802. The van der Waals surface area contributed by atoms with Gasteiger partial charge < -0.3 is 14.8 Å². The van der Waals surface area contributed by atoms with Gasteiger partial charge in [-0.2, -0.15) is 0 Å². The summed E-state index contributed by atoms with van der Waals surface area (Å²) in [6, 6.07) is 4.10. The number of aliphatic hydroxyl groups excluding tert-OH is 1. The van der Waals surface area contributed by atoms with Gasteiger partial charge in [0.2, 0.25) is 5.88 Å². The van der Waals surface area contributed by atoms with Crippen molar-refractivity contribution in [2.45, 2.75) is 31.2 Å². The Morgan fingerprint density at radius 1 is 1.42 bits per heavy atom. The number of carbonyl (C=O) groups excluding carboxylic acids is 1. The summed E-state index contributed by atoms with van der Waals surface area (Å²) in [5.74, 6) is 1.84. The molecular formula is C18H21N3O3. The Kier molecular flexibility index (Phi) is 3.18.